The van der Waals surface area contributed by atoms with E-state index >= 15 is 0 Å². The van der Waals surface area contributed by atoms with Gasteiger partial charge in [-0.2, -0.15) is 13.2 Å². The minimum absolute atomic E-state index is 0.378. The van der Waals surface area contributed by atoms with Crippen LogP contribution in [0.2, 0.25) is 0 Å². The summed E-state index contributed by atoms with van der Waals surface area (Å²) in [6, 6.07) is 6.56. The molecule has 0 bridgehead atoms. The van der Waals surface area contributed by atoms with E-state index in [4.69, 9.17) is 0 Å². The first-order valence-corrected chi connectivity index (χ1v) is 7.20. The van der Waals surface area contributed by atoms with Crippen molar-refractivity contribution in [2.75, 3.05) is 11.9 Å². The molecule has 0 amide bonds. The van der Waals surface area contributed by atoms with Crippen LogP contribution in [0.1, 0.15) is 37.9 Å². The first-order valence-electron chi connectivity index (χ1n) is 7.20. The molecule has 114 valence electrons. The molecule has 0 saturated heterocycles. The second-order valence-electron chi connectivity index (χ2n) is 5.08. The lowest BCUT2D eigenvalue weighted by molar-refractivity contribution is -0.140. The number of pyridine rings is 1. The topological polar surface area (TPSA) is 24.9 Å². The highest BCUT2D eigenvalue weighted by molar-refractivity contribution is 5.92. The van der Waals surface area contributed by atoms with Crippen molar-refractivity contribution in [2.45, 2.75) is 39.3 Å². The standard InChI is InChI=1S/C16H19F3N2/c1-3-5-11-6-7-13-12(9-11)14(20-8-4-2)10-15(21-13)16(17,18)19/h6-7,9-10H,3-5,8H2,1-2H3,(H,20,21). The Balaban J connectivity index is 2.57. The van der Waals surface area contributed by atoms with Crippen molar-refractivity contribution in [3.05, 3.63) is 35.5 Å². The molecule has 0 atom stereocenters. The van der Waals surface area contributed by atoms with Crippen LogP contribution in [0.3, 0.4) is 0 Å². The molecule has 1 aromatic heterocycles. The summed E-state index contributed by atoms with van der Waals surface area (Å²) in [5.41, 5.74) is 1.15. The normalized spacial score (nSPS) is 11.9. The monoisotopic (exact) mass is 296 g/mol. The van der Waals surface area contributed by atoms with Crippen LogP contribution in [0.5, 0.6) is 0 Å². The Hall–Kier alpha value is -1.78. The summed E-state index contributed by atoms with van der Waals surface area (Å²) in [6.07, 6.45) is -1.68. The number of hydrogen-bond donors (Lipinski definition) is 1. The smallest absolute Gasteiger partial charge is 0.384 e. The number of fused-ring (bicyclic) bond motifs is 1. The van der Waals surface area contributed by atoms with Gasteiger partial charge in [0, 0.05) is 17.6 Å². The van der Waals surface area contributed by atoms with Crippen LogP contribution in [-0.4, -0.2) is 11.5 Å². The number of aryl methyl sites for hydroxylation is 1. The predicted molar refractivity (Wildman–Crippen MR) is 79.5 cm³/mol. The molecule has 5 heteroatoms. The van der Waals surface area contributed by atoms with Crippen molar-refractivity contribution < 1.29 is 13.2 Å². The maximum absolute atomic E-state index is 12.9. The predicted octanol–water partition coefficient (Wildman–Crippen LogP) is 5.03. The van der Waals surface area contributed by atoms with E-state index in [2.05, 4.69) is 17.2 Å². The van der Waals surface area contributed by atoms with Crippen LogP contribution in [0.25, 0.3) is 10.9 Å². The minimum atomic E-state index is -4.43. The number of nitrogens with one attached hydrogen (secondary N) is 1. The number of benzene rings is 1. The number of hydrogen-bond acceptors (Lipinski definition) is 2. The third-order valence-electron chi connectivity index (χ3n) is 3.27. The lowest BCUT2D eigenvalue weighted by Crippen LogP contribution is -2.10. The number of nitrogens with zero attached hydrogens (tertiary/aromatic N) is 1. The second kappa shape index (κ2) is 6.33. The van der Waals surface area contributed by atoms with Crippen molar-refractivity contribution in [1.82, 2.24) is 4.98 Å². The molecule has 0 fully saturated rings. The van der Waals surface area contributed by atoms with Crippen molar-refractivity contribution in [3.8, 4) is 0 Å². The molecule has 0 saturated carbocycles. The highest BCUT2D eigenvalue weighted by atomic mass is 19.4. The molecule has 1 N–H and O–H groups in total. The summed E-state index contributed by atoms with van der Waals surface area (Å²) in [5.74, 6) is 0. The number of aromatic nitrogens is 1. The van der Waals surface area contributed by atoms with Gasteiger partial charge in [0.25, 0.3) is 0 Å². The van der Waals surface area contributed by atoms with E-state index in [9.17, 15) is 13.2 Å². The van der Waals surface area contributed by atoms with Crippen LogP contribution in [0.15, 0.2) is 24.3 Å². The molecular formula is C16H19F3N2. The van der Waals surface area contributed by atoms with Crippen molar-refractivity contribution >= 4 is 16.6 Å². The molecule has 1 heterocycles. The van der Waals surface area contributed by atoms with Gasteiger partial charge in [-0.1, -0.05) is 26.3 Å². The van der Waals surface area contributed by atoms with Crippen LogP contribution < -0.4 is 5.32 Å². The fourth-order valence-corrected chi connectivity index (χ4v) is 2.27. The van der Waals surface area contributed by atoms with Gasteiger partial charge in [0.2, 0.25) is 0 Å². The maximum Gasteiger partial charge on any atom is 0.433 e. The average Bonchev–Trinajstić information content (AvgIpc) is 2.44. The van der Waals surface area contributed by atoms with Crippen molar-refractivity contribution in [3.63, 3.8) is 0 Å². The van der Waals surface area contributed by atoms with E-state index in [1.54, 1.807) is 6.07 Å². The van der Waals surface area contributed by atoms with Gasteiger partial charge in [0.1, 0.15) is 5.69 Å². The van der Waals surface area contributed by atoms with Crippen LogP contribution in [0, 0.1) is 0 Å². The highest BCUT2D eigenvalue weighted by Crippen LogP contribution is 2.33. The number of halogens is 3. The molecule has 21 heavy (non-hydrogen) atoms. The van der Waals surface area contributed by atoms with Gasteiger partial charge in [-0.3, -0.25) is 0 Å². The lowest BCUT2D eigenvalue weighted by atomic mass is 10.0. The Morgan fingerprint density at radius 1 is 1.10 bits per heavy atom. The molecule has 2 nitrogen and oxygen atoms in total. The van der Waals surface area contributed by atoms with Gasteiger partial charge >= 0.3 is 6.18 Å². The SMILES string of the molecule is CCCNc1cc(C(F)(F)F)nc2ccc(CCC)cc12. The van der Waals surface area contributed by atoms with E-state index in [0.717, 1.165) is 36.3 Å². The molecule has 0 spiro atoms. The lowest BCUT2D eigenvalue weighted by Gasteiger charge is -2.14. The van der Waals surface area contributed by atoms with Crippen LogP contribution in [-0.2, 0) is 12.6 Å². The second-order valence-corrected chi connectivity index (χ2v) is 5.08. The van der Waals surface area contributed by atoms with Crippen molar-refractivity contribution in [2.24, 2.45) is 0 Å². The fraction of sp³-hybridized carbons (Fsp3) is 0.438. The average molecular weight is 296 g/mol. The first kappa shape index (κ1) is 15.6. The molecule has 0 unspecified atom stereocenters. The maximum atomic E-state index is 12.9. The summed E-state index contributed by atoms with van der Waals surface area (Å²) in [7, 11) is 0. The van der Waals surface area contributed by atoms with Gasteiger partial charge in [-0.25, -0.2) is 4.98 Å². The third-order valence-corrected chi connectivity index (χ3v) is 3.27. The summed E-state index contributed by atoms with van der Waals surface area (Å²) < 4.78 is 38.8. The van der Waals surface area contributed by atoms with E-state index in [-0.39, 0.29) is 0 Å². The van der Waals surface area contributed by atoms with E-state index in [0.29, 0.717) is 17.7 Å². The quantitative estimate of drug-likeness (QED) is 0.837. The Bertz CT molecular complexity index is 621. The Morgan fingerprint density at radius 2 is 1.86 bits per heavy atom. The molecule has 2 aromatic rings. The molecule has 0 aliphatic carbocycles. The number of anilines is 1. The third kappa shape index (κ3) is 3.65. The van der Waals surface area contributed by atoms with Gasteiger partial charge < -0.3 is 5.32 Å². The zero-order chi connectivity index (χ0) is 15.5. The van der Waals surface area contributed by atoms with Crippen LogP contribution >= 0.6 is 0 Å². The summed E-state index contributed by atoms with van der Waals surface area (Å²) in [6.45, 7) is 4.68. The zero-order valence-corrected chi connectivity index (χ0v) is 12.2. The van der Waals surface area contributed by atoms with E-state index < -0.39 is 11.9 Å². The number of alkyl halides is 3. The molecule has 2 rings (SSSR count). The fourth-order valence-electron chi connectivity index (χ4n) is 2.27. The Kier molecular flexibility index (Phi) is 4.70. The largest absolute Gasteiger partial charge is 0.433 e. The van der Waals surface area contributed by atoms with Crippen LogP contribution in [0.4, 0.5) is 18.9 Å². The van der Waals surface area contributed by atoms with E-state index in [1.807, 2.05) is 19.1 Å². The van der Waals surface area contributed by atoms with Gasteiger partial charge in [-0.05, 0) is 36.6 Å². The van der Waals surface area contributed by atoms with Gasteiger partial charge in [0.05, 0.1) is 5.52 Å². The Labute approximate surface area is 122 Å². The minimum Gasteiger partial charge on any atom is -0.384 e. The van der Waals surface area contributed by atoms with Gasteiger partial charge in [0.15, 0.2) is 0 Å². The Morgan fingerprint density at radius 3 is 2.48 bits per heavy atom. The highest BCUT2D eigenvalue weighted by Gasteiger charge is 2.33. The summed E-state index contributed by atoms with van der Waals surface area (Å²) in [4.78, 5) is 3.75. The summed E-state index contributed by atoms with van der Waals surface area (Å²) >= 11 is 0. The molecule has 0 aliphatic heterocycles. The molecular weight excluding hydrogens is 277 g/mol. The zero-order valence-electron chi connectivity index (χ0n) is 12.2. The summed E-state index contributed by atoms with van der Waals surface area (Å²) in [5, 5.41) is 3.83. The first-order chi connectivity index (χ1) is 9.95. The molecule has 0 radical (unpaired) electrons. The molecule has 1 aromatic carbocycles. The van der Waals surface area contributed by atoms with Gasteiger partial charge in [-0.15, -0.1) is 0 Å². The van der Waals surface area contributed by atoms with E-state index in [1.165, 1.54) is 0 Å². The van der Waals surface area contributed by atoms with Crippen molar-refractivity contribution in [1.29, 1.82) is 0 Å². The molecule has 0 aliphatic rings. The number of rotatable bonds is 5.